The van der Waals surface area contributed by atoms with E-state index in [0.717, 1.165) is 93.8 Å². The first-order chi connectivity index (χ1) is 21.5. The second-order valence-corrected chi connectivity index (χ2v) is 12.6. The number of aryl methyl sites for hydroxylation is 6. The number of hydrogen-bond acceptors (Lipinski definition) is 4. The molecule has 0 radical (unpaired) electrons. The van der Waals surface area contributed by atoms with E-state index in [0.29, 0.717) is 0 Å². The zero-order chi connectivity index (χ0) is 30.7. The Labute approximate surface area is 278 Å². The van der Waals surface area contributed by atoms with Crippen molar-refractivity contribution >= 4 is 0 Å². The van der Waals surface area contributed by atoms with Crippen molar-refractivity contribution in [1.29, 1.82) is 0 Å². The van der Waals surface area contributed by atoms with Crippen LogP contribution >= 0.6 is 0 Å². The summed E-state index contributed by atoms with van der Waals surface area (Å²) in [4.78, 5) is 0. The zero-order valence-corrected chi connectivity index (χ0v) is 29.4. The average molecular weight is 955 g/mol. The summed E-state index contributed by atoms with van der Waals surface area (Å²) in [5, 5.41) is 16.4. The van der Waals surface area contributed by atoms with Gasteiger partial charge in [0.2, 0.25) is 0 Å². The van der Waals surface area contributed by atoms with Crippen LogP contribution in [0.3, 0.4) is 0 Å². The number of rotatable bonds is 14. The molecule has 0 aromatic carbocycles. The molecular formula is C32H36N8O2Pt2-4. The van der Waals surface area contributed by atoms with Gasteiger partial charge in [-0.05, 0) is 0 Å². The van der Waals surface area contributed by atoms with Crippen molar-refractivity contribution in [3.8, 4) is 11.8 Å². The minimum atomic E-state index is 0.730. The Kier molecular flexibility index (Phi) is 11.8. The standard InChI is InChI=1S/2C16H18N4O.2Pt/c2*1-14-12-15(18-17-14)6-3-2-4-8-19-9-10-20(13-19)16-7-5-11-21-16;;/h2*5,9-12H,2-4,6,8H2,1H3;;/q2*-2;;. The van der Waals surface area contributed by atoms with Gasteiger partial charge in [0.25, 0.3) is 0 Å². The van der Waals surface area contributed by atoms with Crippen molar-refractivity contribution in [2.75, 3.05) is 0 Å². The third-order valence-electron chi connectivity index (χ3n) is 7.03. The molecule has 6 aromatic rings. The third kappa shape index (κ3) is 8.92. The maximum absolute atomic E-state index is 5.38. The van der Waals surface area contributed by atoms with Crippen molar-refractivity contribution < 1.29 is 47.5 Å². The first-order valence-electron chi connectivity index (χ1n) is 14.8. The molecule has 0 amide bonds. The second-order valence-electron chi connectivity index (χ2n) is 10.5. The van der Waals surface area contributed by atoms with Gasteiger partial charge in [-0.25, -0.2) is 0 Å². The molecule has 12 heteroatoms. The number of furan rings is 2. The van der Waals surface area contributed by atoms with Gasteiger partial charge in [-0.3, -0.25) is 0 Å². The number of unbranched alkanes of at least 4 members (excludes halogenated alkanes) is 4. The van der Waals surface area contributed by atoms with Gasteiger partial charge in [0.05, 0.1) is 0 Å². The molecular weight excluding hydrogens is 919 g/mol. The van der Waals surface area contributed by atoms with Crippen LogP contribution in [0.5, 0.6) is 0 Å². The molecule has 240 valence electrons. The van der Waals surface area contributed by atoms with E-state index in [1.165, 1.54) is 12.8 Å². The Hall–Kier alpha value is -3.22. The van der Waals surface area contributed by atoms with E-state index in [-0.39, 0.29) is 0 Å². The van der Waals surface area contributed by atoms with Crippen LogP contribution in [-0.4, -0.2) is 28.5 Å². The fraction of sp³-hybridized carbons (Fsp3) is 0.375. The van der Waals surface area contributed by atoms with Crippen molar-refractivity contribution in [1.82, 2.24) is 38.7 Å². The van der Waals surface area contributed by atoms with E-state index in [9.17, 15) is 0 Å². The second kappa shape index (κ2) is 16.2. The van der Waals surface area contributed by atoms with E-state index >= 15 is 0 Å². The first-order valence-corrected chi connectivity index (χ1v) is 17.0. The molecule has 0 aliphatic heterocycles. The molecule has 0 aliphatic rings. The van der Waals surface area contributed by atoms with Crippen LogP contribution < -0.4 is 10.2 Å². The Morgan fingerprint density at radius 3 is 1.48 bits per heavy atom. The van der Waals surface area contributed by atoms with Crippen molar-refractivity contribution in [3.63, 3.8) is 0 Å². The summed E-state index contributed by atoms with van der Waals surface area (Å²) >= 11 is 4.64. The average Bonchev–Trinajstić information content (AvgIpc) is 3.85. The molecule has 0 bridgehead atoms. The summed E-state index contributed by atoms with van der Waals surface area (Å²) in [6.45, 7) is 5.99. The molecule has 0 atom stereocenters. The number of aromatic nitrogens is 8. The van der Waals surface area contributed by atoms with Gasteiger partial charge in [-0.15, -0.1) is 0 Å². The van der Waals surface area contributed by atoms with Crippen LogP contribution in [0.25, 0.3) is 11.8 Å². The monoisotopic (exact) mass is 954 g/mol. The molecule has 6 aromatic heterocycles. The predicted molar refractivity (Wildman–Crippen MR) is 156 cm³/mol. The van der Waals surface area contributed by atoms with Crippen LogP contribution in [0, 0.1) is 33.6 Å². The van der Waals surface area contributed by atoms with Gasteiger partial charge in [-0.2, -0.15) is 0 Å². The Balaban J connectivity index is 0.000000175. The Morgan fingerprint density at radius 2 is 1.11 bits per heavy atom. The van der Waals surface area contributed by atoms with E-state index in [4.69, 9.17) is 8.83 Å². The topological polar surface area (TPSA) is 100.0 Å². The molecule has 0 spiro atoms. The summed E-state index contributed by atoms with van der Waals surface area (Å²) in [7, 11) is 0. The fourth-order valence-corrected chi connectivity index (χ4v) is 6.44. The van der Waals surface area contributed by atoms with Gasteiger partial charge in [0.15, 0.2) is 0 Å². The van der Waals surface area contributed by atoms with Crippen molar-refractivity contribution in [2.24, 2.45) is 0 Å². The zero-order valence-electron chi connectivity index (χ0n) is 24.9. The normalized spacial score (nSPS) is 11.2. The van der Waals surface area contributed by atoms with Crippen LogP contribution in [0.2, 0.25) is 0 Å². The Bertz CT molecular complexity index is 1670. The molecule has 6 heterocycles. The molecule has 0 aliphatic carbocycles. The summed E-state index contributed by atoms with van der Waals surface area (Å²) < 4.78 is 21.5. The molecule has 0 unspecified atom stereocenters. The summed E-state index contributed by atoms with van der Waals surface area (Å²) in [6, 6.07) is 13.8. The molecule has 0 fully saturated rings. The molecule has 0 saturated heterocycles. The van der Waals surface area contributed by atoms with Crippen LogP contribution in [0.1, 0.15) is 61.3 Å². The summed E-state index contributed by atoms with van der Waals surface area (Å²) in [5.41, 5.74) is 4.24. The van der Waals surface area contributed by atoms with Crippen molar-refractivity contribution in [3.05, 3.63) is 104 Å². The SMILES string of the molecule is Cc1cc(CCCCCn2ccn(-c3[c-]cco3)[c]2=[Pt])n[n-]1.Cc1cc(CCCCCn2ccn(-c3[c-]cco3)[c]2=[Pt])n[n-]1. The van der Waals surface area contributed by atoms with Gasteiger partial charge < -0.3 is 0 Å². The minimum absolute atomic E-state index is 0.730. The van der Waals surface area contributed by atoms with E-state index in [1.807, 2.05) is 35.4 Å². The summed E-state index contributed by atoms with van der Waals surface area (Å²) in [5.74, 6) is 1.46. The van der Waals surface area contributed by atoms with E-state index in [1.54, 1.807) is 24.7 Å². The number of nitrogens with zero attached hydrogens (tertiary/aromatic N) is 8. The van der Waals surface area contributed by atoms with Crippen LogP contribution in [0.15, 0.2) is 70.4 Å². The van der Waals surface area contributed by atoms with Crippen LogP contribution in [-0.2, 0) is 64.6 Å². The number of imidazole rings is 2. The first kappa shape index (κ1) is 32.2. The molecule has 44 heavy (non-hydrogen) atoms. The van der Waals surface area contributed by atoms with Gasteiger partial charge in [0, 0.05) is 0 Å². The van der Waals surface area contributed by atoms with Gasteiger partial charge >= 0.3 is 280 Å². The summed E-state index contributed by atoms with van der Waals surface area (Å²) in [6.07, 6.45) is 20.5. The van der Waals surface area contributed by atoms with E-state index < -0.39 is 0 Å². The van der Waals surface area contributed by atoms with Crippen molar-refractivity contribution in [2.45, 2.75) is 78.3 Å². The van der Waals surface area contributed by atoms with E-state index in [2.05, 4.69) is 105 Å². The Morgan fingerprint density at radius 1 is 0.659 bits per heavy atom. The quantitative estimate of drug-likeness (QED) is 0.104. The molecule has 10 nitrogen and oxygen atoms in total. The third-order valence-corrected chi connectivity index (χ3v) is 9.43. The van der Waals surface area contributed by atoms with Gasteiger partial charge in [0.1, 0.15) is 0 Å². The molecule has 6 rings (SSSR count). The fourth-order valence-electron chi connectivity index (χ4n) is 4.80. The maximum atomic E-state index is 5.38. The molecule has 0 saturated carbocycles. The molecule has 0 N–H and O–H groups in total. The predicted octanol–water partition coefficient (Wildman–Crippen LogP) is 5.65. The van der Waals surface area contributed by atoms with Crippen LogP contribution in [0.4, 0.5) is 0 Å². The number of hydrogen-bond donors (Lipinski definition) is 0. The van der Waals surface area contributed by atoms with Gasteiger partial charge in [-0.1, -0.05) is 0 Å².